The van der Waals surface area contributed by atoms with Gasteiger partial charge in [-0.1, -0.05) is 464 Å². The molecule has 0 spiro atoms. The van der Waals surface area contributed by atoms with Crippen LogP contribution in [0.4, 0.5) is 0 Å². The quantitative estimate of drug-likeness (QED) is 0.0115. The highest BCUT2D eigenvalue weighted by Crippen LogP contribution is 2.77. The molecule has 1 aliphatic carbocycles. The molecule has 8 aromatic rings. The molecule has 0 heterocycles. The van der Waals surface area contributed by atoms with Gasteiger partial charge in [0, 0.05) is 29.0 Å². The predicted molar refractivity (Wildman–Crippen MR) is 591 cm³/mol. The first kappa shape index (κ1) is 120. The first-order valence-corrected chi connectivity index (χ1v) is 62.6. The van der Waals surface area contributed by atoms with E-state index in [0.29, 0.717) is 44.5 Å². The summed E-state index contributed by atoms with van der Waals surface area (Å²) in [6.45, 7) is 26.7. The SMILES string of the molecule is C1CCCCC1.CCCC[P+](CCCC)(CCCC)[C@@H](/C(C(=O)OC)=C(\[O-])c1ccccc1)c1ccccc1.CCCC[P+](CCCC)(CCCC)[C@@H](/C(C(=O)OC)=C(\[O-])c1ccccc1)c1ccccc1.CCCC[P+](CCCC)(CCCC)[C@H](/C(C(=O)OC)=C(\[O-])c1ccccc1)c1ccccc1.CCCC[P+](CCCC)(CCCC)[C@H](/C(C(=O)OC)=C(\[O-])c1ccccc1)c1ccccc1. The molecular formula is C122H176O12P4. The van der Waals surface area contributed by atoms with Gasteiger partial charge in [0.2, 0.25) is 0 Å². The minimum atomic E-state index is -1.73. The van der Waals surface area contributed by atoms with E-state index >= 15 is 0 Å². The smallest absolute Gasteiger partial charge is 0.337 e. The lowest BCUT2D eigenvalue weighted by Gasteiger charge is -2.38. The van der Waals surface area contributed by atoms with Crippen LogP contribution in [0.15, 0.2) is 265 Å². The van der Waals surface area contributed by atoms with Crippen LogP contribution in [0.25, 0.3) is 23.0 Å². The third kappa shape index (κ3) is 37.4. The van der Waals surface area contributed by atoms with Crippen LogP contribution in [0.3, 0.4) is 0 Å². The maximum Gasteiger partial charge on any atom is 0.337 e. The Morgan fingerprint density at radius 1 is 0.210 bits per heavy atom. The van der Waals surface area contributed by atoms with Gasteiger partial charge in [0.05, 0.1) is 125 Å². The monoisotopic (exact) mass is 1960 g/mol. The standard InChI is InChI=1S/4C29H41O3P.C6H12/c4*1-5-8-21-33(22-9-6-2,23-10-7-3)28(25-19-15-12-16-20-25)26(29(31)32-4)27(30)24-17-13-11-14-18-24;1-2-4-6-5-3-1/h4*11-20,28H,5-10,21-23H2,1-4H3;1-6H2/t4*28-;/m1100./s1. The molecule has 1 aliphatic rings. The van der Waals surface area contributed by atoms with Crippen molar-refractivity contribution in [2.75, 3.05) is 102 Å². The van der Waals surface area contributed by atoms with Crippen molar-refractivity contribution < 1.29 is 58.6 Å². The van der Waals surface area contributed by atoms with Gasteiger partial charge < -0.3 is 39.4 Å². The molecule has 8 aromatic carbocycles. The molecule has 0 aromatic heterocycles. The maximum atomic E-state index is 13.9. The first-order chi connectivity index (χ1) is 67.2. The lowest BCUT2D eigenvalue weighted by atomic mass is 10.00. The number of rotatable bonds is 56. The Bertz CT molecular complexity index is 4050. The van der Waals surface area contributed by atoms with E-state index in [2.05, 4.69) is 132 Å². The number of esters is 4. The second-order valence-corrected chi connectivity index (χ2v) is 54.8. The topological polar surface area (TPSA) is 197 Å². The average molecular weight is 1960 g/mol. The number of carbonyl (C=O) groups is 4. The van der Waals surface area contributed by atoms with E-state index in [1.165, 1.54) is 67.0 Å². The summed E-state index contributed by atoms with van der Waals surface area (Å²) < 4.78 is 21.1. The zero-order valence-electron chi connectivity index (χ0n) is 87.8. The van der Waals surface area contributed by atoms with E-state index < -0.39 is 52.9 Å². The van der Waals surface area contributed by atoms with Gasteiger partial charge in [-0.2, -0.15) is 0 Å². The van der Waals surface area contributed by atoms with E-state index in [-0.39, 0.29) is 45.7 Å². The Morgan fingerprint density at radius 3 is 0.435 bits per heavy atom. The van der Waals surface area contributed by atoms with Gasteiger partial charge >= 0.3 is 23.9 Å². The van der Waals surface area contributed by atoms with Gasteiger partial charge in [0.25, 0.3) is 0 Å². The van der Waals surface area contributed by atoms with Crippen molar-refractivity contribution in [3.63, 3.8) is 0 Å². The van der Waals surface area contributed by atoms with Crippen molar-refractivity contribution >= 4 is 76.0 Å². The van der Waals surface area contributed by atoms with Crippen molar-refractivity contribution in [1.82, 2.24) is 0 Å². The van der Waals surface area contributed by atoms with Crippen LogP contribution in [-0.2, 0) is 38.1 Å². The molecule has 9 rings (SSSR count). The number of ether oxygens (including phenoxy) is 4. The fraction of sp³-hybridized carbons (Fsp3) is 0.508. The van der Waals surface area contributed by atoms with Crippen LogP contribution in [0, 0.1) is 0 Å². The van der Waals surface area contributed by atoms with Crippen LogP contribution in [-0.4, -0.2) is 126 Å². The zero-order valence-corrected chi connectivity index (χ0v) is 91.4. The molecule has 756 valence electrons. The molecule has 0 N–H and O–H groups in total. The number of benzene rings is 8. The molecule has 0 radical (unpaired) electrons. The molecule has 138 heavy (non-hydrogen) atoms. The largest absolute Gasteiger partial charge is 0.872 e. The van der Waals surface area contributed by atoms with Crippen molar-refractivity contribution in [3.8, 4) is 0 Å². The van der Waals surface area contributed by atoms with Crippen LogP contribution in [0.1, 0.15) is 343 Å². The maximum absolute atomic E-state index is 13.9. The van der Waals surface area contributed by atoms with Gasteiger partial charge in [0.1, 0.15) is 22.6 Å². The minimum Gasteiger partial charge on any atom is -0.872 e. The third-order valence-electron chi connectivity index (χ3n) is 27.5. The van der Waals surface area contributed by atoms with E-state index in [4.69, 9.17) is 18.9 Å². The van der Waals surface area contributed by atoms with Crippen LogP contribution in [0.5, 0.6) is 0 Å². The highest BCUT2D eigenvalue weighted by atomic mass is 31.2. The molecule has 0 bridgehead atoms. The van der Waals surface area contributed by atoms with Gasteiger partial charge in [0.15, 0.2) is 0 Å². The zero-order chi connectivity index (χ0) is 101. The van der Waals surface area contributed by atoms with Gasteiger partial charge in [-0.15, -0.1) is 0 Å². The predicted octanol–water partition coefficient (Wildman–Crippen LogP) is 30.7. The van der Waals surface area contributed by atoms with Crippen molar-refractivity contribution in [1.29, 1.82) is 0 Å². The summed E-state index contributed by atoms with van der Waals surface area (Å²) in [6, 6.07) is 77.9. The molecule has 1 saturated carbocycles. The van der Waals surface area contributed by atoms with E-state index in [1.54, 1.807) is 48.5 Å². The molecule has 0 saturated heterocycles. The Hall–Kier alpha value is -8.48. The first-order valence-electron chi connectivity index (χ1n) is 53.0. The second-order valence-electron chi connectivity index (χ2n) is 37.6. The number of unbranched alkanes of at least 4 members (excludes halogenated alkanes) is 12. The summed E-state index contributed by atoms with van der Waals surface area (Å²) in [5, 5.41) is 55.6. The summed E-state index contributed by atoms with van der Waals surface area (Å²) in [5.74, 6) is -2.68. The Balaban J connectivity index is 0.000000317. The Morgan fingerprint density at radius 2 is 0.326 bits per heavy atom. The molecule has 16 heteroatoms. The highest BCUT2D eigenvalue weighted by Gasteiger charge is 2.54. The third-order valence-corrected chi connectivity index (χ3v) is 48.6. The van der Waals surface area contributed by atoms with Crippen LogP contribution in [0.2, 0.25) is 0 Å². The van der Waals surface area contributed by atoms with Crippen molar-refractivity contribution in [2.45, 2.75) is 298 Å². The molecule has 4 atom stereocenters. The Kier molecular flexibility index (Phi) is 60.4. The van der Waals surface area contributed by atoms with Crippen molar-refractivity contribution in [2.24, 2.45) is 0 Å². The summed E-state index contributed by atoms with van der Waals surface area (Å²) in [5.41, 5.74) is 7.08. The summed E-state index contributed by atoms with van der Waals surface area (Å²) in [6.07, 6.45) is 49.1. The lowest BCUT2D eigenvalue weighted by Crippen LogP contribution is -2.26. The molecule has 0 amide bonds. The fourth-order valence-corrected chi connectivity index (χ4v) is 43.4. The van der Waals surface area contributed by atoms with E-state index in [1.807, 2.05) is 146 Å². The number of hydrogen-bond donors (Lipinski definition) is 0. The minimum absolute atomic E-state index is 0.190. The summed E-state index contributed by atoms with van der Waals surface area (Å²) in [4.78, 5) is 53.4. The second kappa shape index (κ2) is 69.4. The molecule has 0 unspecified atom stereocenters. The van der Waals surface area contributed by atoms with E-state index in [9.17, 15) is 39.6 Å². The van der Waals surface area contributed by atoms with Gasteiger partial charge in [-0.05, 0) is 122 Å². The molecule has 1 fully saturated rings. The van der Waals surface area contributed by atoms with Crippen LogP contribution < -0.4 is 20.4 Å². The van der Waals surface area contributed by atoms with Gasteiger partial charge in [-0.25, -0.2) is 19.2 Å². The van der Waals surface area contributed by atoms with Crippen LogP contribution >= 0.6 is 29.0 Å². The summed E-state index contributed by atoms with van der Waals surface area (Å²) in [7, 11) is -1.35. The molecular weight excluding hydrogens is 1780 g/mol. The highest BCUT2D eigenvalue weighted by molar-refractivity contribution is 7.77. The number of hydrogen-bond acceptors (Lipinski definition) is 12. The van der Waals surface area contributed by atoms with E-state index in [0.717, 1.165) is 250 Å². The van der Waals surface area contributed by atoms with Crippen molar-refractivity contribution in [3.05, 3.63) is 309 Å². The lowest BCUT2D eigenvalue weighted by molar-refractivity contribution is -0.246. The molecule has 0 aliphatic heterocycles. The average Bonchev–Trinajstić information content (AvgIpc) is 0.778. The summed E-state index contributed by atoms with van der Waals surface area (Å²) >= 11 is 0. The van der Waals surface area contributed by atoms with Gasteiger partial charge in [-0.3, -0.25) is 0 Å². The fourth-order valence-electron chi connectivity index (χ4n) is 19.9. The normalized spacial score (nSPS) is 13.8. The number of carbonyl (C=O) groups excluding carboxylic acids is 4. The molecule has 12 nitrogen and oxygen atoms in total. The Labute approximate surface area is 839 Å². The number of methoxy groups -OCH3 is 4.